The minimum Gasteiger partial charge on any atom is -0.289 e. The van der Waals surface area contributed by atoms with Crippen LogP contribution in [0.1, 0.15) is 10.4 Å². The number of thiol groups is 1. The quantitative estimate of drug-likeness (QED) is 0.637. The van der Waals surface area contributed by atoms with Gasteiger partial charge in [0.1, 0.15) is 0 Å². The average molecular weight is 300 g/mol. The molecule has 0 N–H and O–H groups in total. The van der Waals surface area contributed by atoms with Gasteiger partial charge in [-0.05, 0) is 52.1 Å². The van der Waals surface area contributed by atoms with Crippen molar-refractivity contribution in [3.8, 4) is 0 Å². The van der Waals surface area contributed by atoms with Crippen molar-refractivity contribution in [2.45, 2.75) is 4.90 Å². The van der Waals surface area contributed by atoms with E-state index in [1.807, 2.05) is 47.9 Å². The zero-order valence-corrected chi connectivity index (χ0v) is 12.2. The molecule has 20 heavy (non-hydrogen) atoms. The summed E-state index contributed by atoms with van der Waals surface area (Å²) >= 11 is 6.08. The highest BCUT2D eigenvalue weighted by atomic mass is 35.5. The lowest BCUT2D eigenvalue weighted by molar-refractivity contribution is 0.103. The third kappa shape index (κ3) is 2.58. The van der Waals surface area contributed by atoms with Crippen LogP contribution < -0.4 is 0 Å². The van der Waals surface area contributed by atoms with Crippen LogP contribution in [0.3, 0.4) is 0 Å². The van der Waals surface area contributed by atoms with Gasteiger partial charge >= 0.3 is 0 Å². The Morgan fingerprint density at radius 3 is 2.60 bits per heavy atom. The first-order chi connectivity index (χ1) is 9.75. The lowest BCUT2D eigenvalue weighted by Crippen LogP contribution is -2.00. The van der Waals surface area contributed by atoms with Crippen LogP contribution >= 0.6 is 22.5 Å². The molecular weight excluding hydrogens is 288 g/mol. The molecule has 2 aromatic carbocycles. The van der Waals surface area contributed by atoms with Gasteiger partial charge in [-0.2, -0.15) is 10.9 Å². The molecule has 99 valence electrons. The summed E-state index contributed by atoms with van der Waals surface area (Å²) in [4.78, 5) is 13.7. The molecule has 0 aliphatic carbocycles. The van der Waals surface area contributed by atoms with Gasteiger partial charge in [0.05, 0.1) is 5.02 Å². The van der Waals surface area contributed by atoms with Gasteiger partial charge in [0.2, 0.25) is 0 Å². The van der Waals surface area contributed by atoms with E-state index in [1.54, 1.807) is 12.1 Å². The number of hydrogen-bond acceptors (Lipinski definition) is 1. The van der Waals surface area contributed by atoms with E-state index in [2.05, 4.69) is 11.5 Å². The number of ketones is 1. The molecule has 0 aromatic heterocycles. The van der Waals surface area contributed by atoms with Crippen LogP contribution in [0.4, 0.5) is 0 Å². The summed E-state index contributed by atoms with van der Waals surface area (Å²) in [7, 11) is -0.539. The molecule has 3 heteroatoms. The smallest absolute Gasteiger partial charge is 0.195 e. The standard InChI is InChI=1S/C17H12ClOS/c18-16-9-5-4-8-15(16)17(19)13-10-11-20(12-13)14-6-2-1-3-7-14/h2-12,20H. The van der Waals surface area contributed by atoms with Gasteiger partial charge in [-0.25, -0.2) is 0 Å². The van der Waals surface area contributed by atoms with E-state index in [1.165, 1.54) is 4.90 Å². The zero-order valence-electron chi connectivity index (χ0n) is 10.6. The van der Waals surface area contributed by atoms with E-state index in [9.17, 15) is 4.79 Å². The Kier molecular flexibility index (Phi) is 3.77. The van der Waals surface area contributed by atoms with Crippen molar-refractivity contribution in [3.63, 3.8) is 0 Å². The monoisotopic (exact) mass is 299 g/mol. The van der Waals surface area contributed by atoms with Crippen LogP contribution in [0.25, 0.3) is 0 Å². The number of carbonyl (C=O) groups is 1. The highest BCUT2D eigenvalue weighted by Gasteiger charge is 2.17. The number of Topliss-reactive ketones (excluding diaryl/α,β-unsaturated/α-hetero) is 1. The lowest BCUT2D eigenvalue weighted by atomic mass is 10.1. The zero-order chi connectivity index (χ0) is 13.9. The minimum absolute atomic E-state index is 0.0145. The van der Waals surface area contributed by atoms with Crippen molar-refractivity contribution in [2.75, 3.05) is 0 Å². The summed E-state index contributed by atoms with van der Waals surface area (Å²) in [5.41, 5.74) is 1.28. The number of hydrogen-bond donors (Lipinski definition) is 1. The predicted octanol–water partition coefficient (Wildman–Crippen LogP) is 4.79. The van der Waals surface area contributed by atoms with Crippen molar-refractivity contribution in [1.82, 2.24) is 0 Å². The van der Waals surface area contributed by atoms with Crippen molar-refractivity contribution in [3.05, 3.63) is 87.6 Å². The Balaban J connectivity index is 1.88. The Hall–Kier alpha value is -1.77. The number of halogens is 1. The van der Waals surface area contributed by atoms with Gasteiger partial charge in [0.25, 0.3) is 0 Å². The summed E-state index contributed by atoms with van der Waals surface area (Å²) in [5.74, 6) is -0.0145. The van der Waals surface area contributed by atoms with Gasteiger partial charge in [-0.1, -0.05) is 35.9 Å². The predicted molar refractivity (Wildman–Crippen MR) is 85.5 cm³/mol. The van der Waals surface area contributed by atoms with Crippen LogP contribution in [-0.2, 0) is 0 Å². The van der Waals surface area contributed by atoms with Gasteiger partial charge in [0.15, 0.2) is 5.78 Å². The molecule has 0 amide bonds. The van der Waals surface area contributed by atoms with E-state index in [4.69, 9.17) is 11.6 Å². The first kappa shape index (κ1) is 13.2. The fourth-order valence-electron chi connectivity index (χ4n) is 2.04. The third-order valence-electron chi connectivity index (χ3n) is 3.07. The van der Waals surface area contributed by atoms with Crippen molar-refractivity contribution in [2.24, 2.45) is 0 Å². The highest BCUT2D eigenvalue weighted by molar-refractivity contribution is 8.22. The summed E-state index contributed by atoms with van der Waals surface area (Å²) in [6.07, 6.45) is 1.90. The van der Waals surface area contributed by atoms with Crippen LogP contribution in [-0.4, -0.2) is 5.78 Å². The molecule has 3 rings (SSSR count). The van der Waals surface area contributed by atoms with Crippen molar-refractivity contribution < 1.29 is 4.79 Å². The average Bonchev–Trinajstić information content (AvgIpc) is 2.98. The molecule has 1 atom stereocenters. The van der Waals surface area contributed by atoms with Crippen LogP contribution in [0, 0.1) is 6.07 Å². The van der Waals surface area contributed by atoms with E-state index >= 15 is 0 Å². The molecule has 0 saturated carbocycles. The summed E-state index contributed by atoms with van der Waals surface area (Å²) in [5, 5.41) is 4.63. The maximum absolute atomic E-state index is 12.4. The molecule has 1 nitrogen and oxygen atoms in total. The highest BCUT2D eigenvalue weighted by Crippen LogP contribution is 2.44. The first-order valence-corrected chi connectivity index (χ1v) is 8.05. The van der Waals surface area contributed by atoms with E-state index in [0.29, 0.717) is 10.6 Å². The maximum Gasteiger partial charge on any atom is 0.195 e. The lowest BCUT2D eigenvalue weighted by Gasteiger charge is -2.09. The number of rotatable bonds is 3. The summed E-state index contributed by atoms with van der Waals surface area (Å²) < 4.78 is 0. The second-order valence-electron chi connectivity index (χ2n) is 4.37. The molecule has 0 bridgehead atoms. The minimum atomic E-state index is -0.539. The molecule has 1 radical (unpaired) electrons. The normalized spacial score (nSPS) is 18.9. The fraction of sp³-hybridized carbons (Fsp3) is 0. The fourth-order valence-corrected chi connectivity index (χ4v) is 3.99. The van der Waals surface area contributed by atoms with E-state index < -0.39 is 10.9 Å². The molecule has 1 heterocycles. The Morgan fingerprint density at radius 1 is 1.10 bits per heavy atom. The molecule has 0 saturated heterocycles. The number of benzene rings is 2. The molecule has 1 aliphatic heterocycles. The largest absolute Gasteiger partial charge is 0.289 e. The molecule has 1 unspecified atom stereocenters. The van der Waals surface area contributed by atoms with E-state index in [-0.39, 0.29) is 5.78 Å². The second-order valence-corrected chi connectivity index (χ2v) is 6.67. The Labute approximate surface area is 125 Å². The topological polar surface area (TPSA) is 17.1 Å². The first-order valence-electron chi connectivity index (χ1n) is 6.19. The van der Waals surface area contributed by atoms with Crippen LogP contribution in [0.5, 0.6) is 0 Å². The van der Waals surface area contributed by atoms with Gasteiger partial charge in [-0.15, -0.1) is 0 Å². The van der Waals surface area contributed by atoms with Crippen LogP contribution in [0.2, 0.25) is 5.02 Å². The Morgan fingerprint density at radius 2 is 1.85 bits per heavy atom. The number of carbonyl (C=O) groups excluding carboxylic acids is 1. The Bertz CT molecular complexity index is 704. The van der Waals surface area contributed by atoms with Crippen LogP contribution in [0.15, 0.2) is 75.9 Å². The molecule has 0 fully saturated rings. The van der Waals surface area contributed by atoms with Crippen molar-refractivity contribution >= 4 is 28.3 Å². The maximum atomic E-state index is 12.4. The van der Waals surface area contributed by atoms with Crippen molar-refractivity contribution in [1.29, 1.82) is 0 Å². The summed E-state index contributed by atoms with van der Waals surface area (Å²) in [6, 6.07) is 18.0. The van der Waals surface area contributed by atoms with E-state index in [0.717, 1.165) is 5.57 Å². The second kappa shape index (κ2) is 5.70. The molecule has 1 aliphatic rings. The number of allylic oxidation sites excluding steroid dienone is 2. The third-order valence-corrected chi connectivity index (χ3v) is 5.32. The summed E-state index contributed by atoms with van der Waals surface area (Å²) in [6.45, 7) is 0. The van der Waals surface area contributed by atoms with Gasteiger partial charge in [-0.3, -0.25) is 4.79 Å². The molecule has 0 spiro atoms. The molecular formula is C17H12ClOS. The molecule has 2 aromatic rings. The SMILES string of the molecule is O=C(C1=C[SH](c2cc[c]cc2)C=C1)c1ccccc1Cl. The van der Waals surface area contributed by atoms with Gasteiger partial charge < -0.3 is 0 Å². The van der Waals surface area contributed by atoms with Gasteiger partial charge in [0, 0.05) is 11.1 Å².